The number of piperidine rings is 1. The number of halogens is 1. The predicted octanol–water partition coefficient (Wildman–Crippen LogP) is 1.76. The lowest BCUT2D eigenvalue weighted by Gasteiger charge is -2.33. The van der Waals surface area contributed by atoms with E-state index in [2.05, 4.69) is 0 Å². The van der Waals surface area contributed by atoms with Crippen molar-refractivity contribution in [3.8, 4) is 0 Å². The zero-order valence-corrected chi connectivity index (χ0v) is 13.8. The molecule has 22 heavy (non-hydrogen) atoms. The van der Waals surface area contributed by atoms with E-state index in [0.717, 1.165) is 18.4 Å². The van der Waals surface area contributed by atoms with Crippen LogP contribution in [0.1, 0.15) is 24.4 Å². The van der Waals surface area contributed by atoms with Crippen molar-refractivity contribution in [2.75, 3.05) is 33.4 Å². The first-order valence-corrected chi connectivity index (χ1v) is 7.42. The van der Waals surface area contributed by atoms with Crippen LogP contribution in [0.25, 0.3) is 0 Å². The molecule has 0 spiro atoms. The van der Waals surface area contributed by atoms with E-state index in [0.29, 0.717) is 26.3 Å². The molecule has 1 fully saturated rings. The molecule has 0 saturated carbocycles. The minimum Gasteiger partial charge on any atom is -0.382 e. The maximum Gasteiger partial charge on any atom is 0.244 e. The number of carbonyl (C=O) groups excluding carboxylic acids is 1. The van der Waals surface area contributed by atoms with E-state index in [-0.39, 0.29) is 24.4 Å². The summed E-state index contributed by atoms with van der Waals surface area (Å²) < 4.78 is 10.7. The molecule has 1 unspecified atom stereocenters. The van der Waals surface area contributed by atoms with Crippen molar-refractivity contribution in [1.29, 1.82) is 0 Å². The van der Waals surface area contributed by atoms with Crippen LogP contribution in [0.5, 0.6) is 0 Å². The van der Waals surface area contributed by atoms with Gasteiger partial charge in [0.1, 0.15) is 6.04 Å². The average Bonchev–Trinajstić information content (AvgIpc) is 2.55. The van der Waals surface area contributed by atoms with E-state index in [1.165, 1.54) is 0 Å². The summed E-state index contributed by atoms with van der Waals surface area (Å²) in [6.07, 6.45) is 1.94. The Morgan fingerprint density at radius 2 is 1.91 bits per heavy atom. The Labute approximate surface area is 138 Å². The van der Waals surface area contributed by atoms with Crippen molar-refractivity contribution in [2.24, 2.45) is 5.73 Å². The van der Waals surface area contributed by atoms with Crippen LogP contribution in [0.15, 0.2) is 30.3 Å². The number of hydrogen-bond donors (Lipinski definition) is 1. The fraction of sp³-hybridized carbons (Fsp3) is 0.562. The first-order chi connectivity index (χ1) is 10.2. The lowest BCUT2D eigenvalue weighted by atomic mass is 10.0. The summed E-state index contributed by atoms with van der Waals surface area (Å²) in [6, 6.07) is 8.93. The average molecular weight is 329 g/mol. The van der Waals surface area contributed by atoms with E-state index >= 15 is 0 Å². The van der Waals surface area contributed by atoms with Gasteiger partial charge in [-0.3, -0.25) is 4.79 Å². The Kier molecular flexibility index (Phi) is 8.42. The second kappa shape index (κ2) is 9.79. The largest absolute Gasteiger partial charge is 0.382 e. The van der Waals surface area contributed by atoms with Crippen molar-refractivity contribution in [2.45, 2.75) is 25.0 Å². The summed E-state index contributed by atoms with van der Waals surface area (Å²) in [7, 11) is 1.66. The Bertz CT molecular complexity index is 436. The minimum absolute atomic E-state index is 0. The summed E-state index contributed by atoms with van der Waals surface area (Å²) in [5.41, 5.74) is 6.93. The molecule has 1 atom stereocenters. The standard InChI is InChI=1S/C16H24N2O3.ClH/c1-20-11-12-21-14-7-9-18(10-8-14)16(19)15(17)13-5-3-2-4-6-13;/h2-6,14-15H,7-12,17H2,1H3;1H. The fourth-order valence-corrected chi connectivity index (χ4v) is 2.54. The predicted molar refractivity (Wildman–Crippen MR) is 88.0 cm³/mol. The molecule has 2 rings (SSSR count). The van der Waals surface area contributed by atoms with Gasteiger partial charge in [0.2, 0.25) is 5.91 Å². The zero-order chi connectivity index (χ0) is 15.1. The maximum absolute atomic E-state index is 12.4. The number of methoxy groups -OCH3 is 1. The highest BCUT2D eigenvalue weighted by atomic mass is 35.5. The van der Waals surface area contributed by atoms with E-state index in [1.807, 2.05) is 35.2 Å². The molecule has 124 valence electrons. The molecule has 5 nitrogen and oxygen atoms in total. The topological polar surface area (TPSA) is 64.8 Å². The van der Waals surface area contributed by atoms with Crippen molar-refractivity contribution in [3.63, 3.8) is 0 Å². The van der Waals surface area contributed by atoms with Crippen LogP contribution in [0, 0.1) is 0 Å². The van der Waals surface area contributed by atoms with Crippen LogP contribution in [-0.2, 0) is 14.3 Å². The number of ether oxygens (including phenoxy) is 2. The van der Waals surface area contributed by atoms with Crippen LogP contribution in [0.3, 0.4) is 0 Å². The highest BCUT2D eigenvalue weighted by molar-refractivity contribution is 5.85. The van der Waals surface area contributed by atoms with Gasteiger partial charge in [0.15, 0.2) is 0 Å². The van der Waals surface area contributed by atoms with E-state index in [1.54, 1.807) is 7.11 Å². The van der Waals surface area contributed by atoms with Gasteiger partial charge in [-0.15, -0.1) is 12.4 Å². The number of carbonyl (C=O) groups is 1. The lowest BCUT2D eigenvalue weighted by molar-refractivity contribution is -0.135. The summed E-state index contributed by atoms with van der Waals surface area (Å²) in [5, 5.41) is 0. The Morgan fingerprint density at radius 3 is 2.50 bits per heavy atom. The monoisotopic (exact) mass is 328 g/mol. The Morgan fingerprint density at radius 1 is 1.27 bits per heavy atom. The SMILES string of the molecule is COCCOC1CCN(C(=O)C(N)c2ccccc2)CC1.Cl. The molecule has 6 heteroatoms. The number of benzene rings is 1. The highest BCUT2D eigenvalue weighted by Crippen LogP contribution is 2.18. The molecule has 1 aromatic carbocycles. The summed E-state index contributed by atoms with van der Waals surface area (Å²) in [4.78, 5) is 14.2. The molecule has 1 saturated heterocycles. The molecule has 1 aliphatic heterocycles. The van der Waals surface area contributed by atoms with Crippen LogP contribution in [0.2, 0.25) is 0 Å². The molecule has 0 bridgehead atoms. The van der Waals surface area contributed by atoms with Gasteiger partial charge in [0.05, 0.1) is 19.3 Å². The van der Waals surface area contributed by atoms with Gasteiger partial charge in [0.25, 0.3) is 0 Å². The van der Waals surface area contributed by atoms with Gasteiger partial charge < -0.3 is 20.1 Å². The molecule has 0 aliphatic carbocycles. The molecule has 1 aliphatic rings. The molecule has 0 aromatic heterocycles. The molecular weight excluding hydrogens is 304 g/mol. The van der Waals surface area contributed by atoms with Gasteiger partial charge in [-0.2, -0.15) is 0 Å². The first kappa shape index (κ1) is 18.9. The molecule has 1 amide bonds. The Hall–Kier alpha value is -1.14. The van der Waals surface area contributed by atoms with Gasteiger partial charge in [-0.05, 0) is 18.4 Å². The third-order valence-corrected chi connectivity index (χ3v) is 3.82. The lowest BCUT2D eigenvalue weighted by Crippen LogP contribution is -2.45. The molecule has 2 N–H and O–H groups in total. The number of nitrogens with zero attached hydrogens (tertiary/aromatic N) is 1. The fourth-order valence-electron chi connectivity index (χ4n) is 2.54. The van der Waals surface area contributed by atoms with Gasteiger partial charge >= 0.3 is 0 Å². The third kappa shape index (κ3) is 5.25. The van der Waals surface area contributed by atoms with Crippen molar-refractivity contribution < 1.29 is 14.3 Å². The number of likely N-dealkylation sites (tertiary alicyclic amines) is 1. The van der Waals surface area contributed by atoms with E-state index in [9.17, 15) is 4.79 Å². The van der Waals surface area contributed by atoms with Crippen molar-refractivity contribution in [1.82, 2.24) is 4.90 Å². The molecule has 0 radical (unpaired) electrons. The number of rotatable bonds is 6. The Balaban J connectivity index is 0.00000242. The van der Waals surface area contributed by atoms with Crippen molar-refractivity contribution >= 4 is 18.3 Å². The second-order valence-electron chi connectivity index (χ2n) is 5.28. The van der Waals surface area contributed by atoms with Crippen LogP contribution >= 0.6 is 12.4 Å². The number of nitrogens with two attached hydrogens (primary N) is 1. The normalized spacial score (nSPS) is 16.9. The molecular formula is C16H25ClN2O3. The van der Waals surface area contributed by atoms with Gasteiger partial charge in [0, 0.05) is 20.2 Å². The van der Waals surface area contributed by atoms with E-state index < -0.39 is 6.04 Å². The summed E-state index contributed by atoms with van der Waals surface area (Å²) >= 11 is 0. The molecule has 1 aromatic rings. The number of hydrogen-bond acceptors (Lipinski definition) is 4. The van der Waals surface area contributed by atoms with Crippen molar-refractivity contribution in [3.05, 3.63) is 35.9 Å². The van der Waals surface area contributed by atoms with Crippen LogP contribution < -0.4 is 5.73 Å². The summed E-state index contributed by atoms with van der Waals surface area (Å²) in [5.74, 6) is -0.00320. The van der Waals surface area contributed by atoms with E-state index in [4.69, 9.17) is 15.2 Å². The smallest absolute Gasteiger partial charge is 0.244 e. The minimum atomic E-state index is -0.572. The first-order valence-electron chi connectivity index (χ1n) is 7.42. The van der Waals surface area contributed by atoms with Crippen LogP contribution in [0.4, 0.5) is 0 Å². The molecule has 1 heterocycles. The quantitative estimate of drug-likeness (QED) is 0.808. The maximum atomic E-state index is 12.4. The highest BCUT2D eigenvalue weighted by Gasteiger charge is 2.27. The number of amides is 1. The van der Waals surface area contributed by atoms with Gasteiger partial charge in [-0.1, -0.05) is 30.3 Å². The zero-order valence-electron chi connectivity index (χ0n) is 12.9. The second-order valence-corrected chi connectivity index (χ2v) is 5.28. The third-order valence-electron chi connectivity index (χ3n) is 3.82. The van der Waals surface area contributed by atoms with Crippen LogP contribution in [-0.4, -0.2) is 50.3 Å². The summed E-state index contributed by atoms with van der Waals surface area (Å²) in [6.45, 7) is 2.63. The van der Waals surface area contributed by atoms with Gasteiger partial charge in [-0.25, -0.2) is 0 Å².